The van der Waals surface area contributed by atoms with Crippen LogP contribution in [-0.4, -0.2) is 9.13 Å². The maximum Gasteiger partial charge on any atom is 0.162 e. The van der Waals surface area contributed by atoms with Crippen molar-refractivity contribution in [1.82, 2.24) is 9.13 Å². The topological polar surface area (TPSA) is 46.8 Å². The molecule has 10 aromatic rings. The minimum absolute atomic E-state index is 0.574. The summed E-state index contributed by atoms with van der Waals surface area (Å²) in [6, 6.07) is 55.2. The van der Waals surface area contributed by atoms with Crippen LogP contribution >= 0.6 is 0 Å². The van der Waals surface area contributed by atoms with Crippen molar-refractivity contribution in [2.24, 2.45) is 0 Å². The summed E-state index contributed by atoms with van der Waals surface area (Å²) in [6.07, 6.45) is 0. The van der Waals surface area contributed by atoms with Crippen molar-refractivity contribution in [3.63, 3.8) is 0 Å². The summed E-state index contributed by atoms with van der Waals surface area (Å²) in [4.78, 5) is 0. The van der Waals surface area contributed by atoms with Gasteiger partial charge in [-0.3, -0.25) is 0 Å². The molecule has 0 aliphatic carbocycles. The highest BCUT2D eigenvalue weighted by Gasteiger charge is 2.27. The van der Waals surface area contributed by atoms with Crippen molar-refractivity contribution in [2.45, 2.75) is 0 Å². The Morgan fingerprint density at radius 1 is 0.468 bits per heavy atom. The van der Waals surface area contributed by atoms with E-state index in [0.29, 0.717) is 11.1 Å². The fourth-order valence-electron chi connectivity index (χ4n) is 7.61. The number of para-hydroxylation sites is 5. The molecule has 0 aliphatic rings. The normalized spacial score (nSPS) is 11.8. The minimum atomic E-state index is 0.574. The van der Waals surface area contributed by atoms with Crippen molar-refractivity contribution in [3.8, 4) is 28.6 Å². The van der Waals surface area contributed by atoms with Gasteiger partial charge in [-0.25, -0.2) is 0 Å². The highest BCUT2D eigenvalue weighted by atomic mass is 16.3. The number of nitriles is 1. The van der Waals surface area contributed by atoms with E-state index < -0.39 is 0 Å². The van der Waals surface area contributed by atoms with Crippen LogP contribution in [0.25, 0.3) is 88.1 Å². The van der Waals surface area contributed by atoms with Gasteiger partial charge in [0.25, 0.3) is 0 Å². The van der Waals surface area contributed by atoms with Crippen LogP contribution in [0.4, 0.5) is 0 Å². The first-order valence-corrected chi connectivity index (χ1v) is 15.8. The number of aromatic nitrogens is 2. The lowest BCUT2D eigenvalue weighted by Gasteiger charge is -2.18. The van der Waals surface area contributed by atoms with E-state index in [-0.39, 0.29) is 0 Å². The SMILES string of the molecule is N#Cc1cc(-n2c3ccccc3c3ccccc32)c(-n2c3ccccc3c3ccccc32)c2oc3c(-c4ccccc4)cccc3c12. The smallest absolute Gasteiger partial charge is 0.162 e. The Kier molecular flexibility index (Phi) is 5.32. The molecule has 0 unspecified atom stereocenters. The van der Waals surface area contributed by atoms with Crippen LogP contribution in [0.15, 0.2) is 156 Å². The molecule has 0 spiro atoms. The molecule has 0 atom stereocenters. The van der Waals surface area contributed by atoms with Gasteiger partial charge in [0.05, 0.1) is 39.4 Å². The van der Waals surface area contributed by atoms with Crippen LogP contribution in [0.2, 0.25) is 0 Å². The lowest BCUT2D eigenvalue weighted by Crippen LogP contribution is -2.05. The van der Waals surface area contributed by atoms with E-state index in [0.717, 1.165) is 82.5 Å². The van der Waals surface area contributed by atoms with Crippen LogP contribution in [0, 0.1) is 11.3 Å². The second-order valence-corrected chi connectivity index (χ2v) is 12.0. The first kappa shape index (κ1) is 25.7. The Hall–Kier alpha value is -6.57. The van der Waals surface area contributed by atoms with Crippen LogP contribution in [0.1, 0.15) is 5.56 Å². The molecule has 3 heterocycles. The number of benzene rings is 7. The molecule has 4 heteroatoms. The number of fused-ring (bicyclic) bond motifs is 9. The molecule has 218 valence electrons. The molecule has 0 N–H and O–H groups in total. The monoisotopic (exact) mass is 599 g/mol. The Morgan fingerprint density at radius 2 is 0.957 bits per heavy atom. The van der Waals surface area contributed by atoms with Crippen molar-refractivity contribution >= 4 is 65.6 Å². The van der Waals surface area contributed by atoms with Gasteiger partial charge < -0.3 is 13.6 Å². The second-order valence-electron chi connectivity index (χ2n) is 12.0. The zero-order chi connectivity index (χ0) is 31.1. The summed E-state index contributed by atoms with van der Waals surface area (Å²) in [7, 11) is 0. The first-order chi connectivity index (χ1) is 23.3. The van der Waals surface area contributed by atoms with Gasteiger partial charge in [-0.05, 0) is 35.9 Å². The van der Waals surface area contributed by atoms with Crippen LogP contribution in [0.3, 0.4) is 0 Å². The van der Waals surface area contributed by atoms with Gasteiger partial charge >= 0.3 is 0 Å². The fraction of sp³-hybridized carbons (Fsp3) is 0. The predicted molar refractivity (Wildman–Crippen MR) is 193 cm³/mol. The second kappa shape index (κ2) is 9.71. The zero-order valence-electron chi connectivity index (χ0n) is 25.2. The van der Waals surface area contributed by atoms with Crippen LogP contribution in [0.5, 0.6) is 0 Å². The lowest BCUT2D eigenvalue weighted by molar-refractivity contribution is 0.667. The van der Waals surface area contributed by atoms with Crippen LogP contribution in [-0.2, 0) is 0 Å². The molecule has 0 aliphatic heterocycles. The summed E-state index contributed by atoms with van der Waals surface area (Å²) in [5.41, 5.74) is 10.2. The average molecular weight is 600 g/mol. The molecule has 47 heavy (non-hydrogen) atoms. The number of rotatable bonds is 3. The molecule has 3 aromatic heterocycles. The Labute approximate surface area is 269 Å². The first-order valence-electron chi connectivity index (χ1n) is 15.8. The lowest BCUT2D eigenvalue weighted by atomic mass is 10.00. The number of furan rings is 1. The standard InChI is InChI=1S/C43H25N3O/c44-26-28-25-39(45-35-21-8-4-15-30(35)31-16-5-9-22-36(31)45)41(46-37-23-10-6-17-32(37)33-18-7-11-24-38(33)46)43-40(28)34-20-12-19-29(42(34)47-43)27-13-2-1-3-14-27/h1-25H. The summed E-state index contributed by atoms with van der Waals surface area (Å²) < 4.78 is 11.7. The largest absolute Gasteiger partial charge is 0.453 e. The molecule has 7 aromatic carbocycles. The van der Waals surface area contributed by atoms with Gasteiger partial charge in [0.1, 0.15) is 11.3 Å². The summed E-state index contributed by atoms with van der Waals surface area (Å²) in [5.74, 6) is 0. The predicted octanol–water partition coefficient (Wildman–Crippen LogP) is 11.3. The minimum Gasteiger partial charge on any atom is -0.453 e. The van der Waals surface area contributed by atoms with Gasteiger partial charge in [-0.2, -0.15) is 5.26 Å². The Balaban J connectivity index is 1.48. The third kappa shape index (κ3) is 3.51. The van der Waals surface area contributed by atoms with Gasteiger partial charge in [-0.1, -0.05) is 121 Å². The quantitative estimate of drug-likeness (QED) is 0.203. The van der Waals surface area contributed by atoms with Gasteiger partial charge in [0.15, 0.2) is 5.58 Å². The molecule has 0 amide bonds. The number of nitrogens with zero attached hydrogens (tertiary/aromatic N) is 3. The van der Waals surface area contributed by atoms with E-state index in [1.54, 1.807) is 0 Å². The Bertz CT molecular complexity index is 2810. The van der Waals surface area contributed by atoms with Crippen molar-refractivity contribution < 1.29 is 4.42 Å². The third-order valence-electron chi connectivity index (χ3n) is 9.55. The molecule has 0 bridgehead atoms. The number of hydrogen-bond acceptors (Lipinski definition) is 2. The highest BCUT2D eigenvalue weighted by molar-refractivity contribution is 6.18. The van der Waals surface area contributed by atoms with E-state index in [2.05, 4.69) is 149 Å². The zero-order valence-corrected chi connectivity index (χ0v) is 25.2. The highest BCUT2D eigenvalue weighted by Crippen LogP contribution is 2.46. The van der Waals surface area contributed by atoms with Crippen LogP contribution < -0.4 is 0 Å². The maximum atomic E-state index is 10.8. The fourth-order valence-corrected chi connectivity index (χ4v) is 7.61. The third-order valence-corrected chi connectivity index (χ3v) is 9.55. The van der Waals surface area contributed by atoms with Gasteiger partial charge in [0, 0.05) is 37.9 Å². The molecule has 0 radical (unpaired) electrons. The van der Waals surface area contributed by atoms with E-state index >= 15 is 0 Å². The molecular weight excluding hydrogens is 574 g/mol. The maximum absolute atomic E-state index is 10.8. The van der Waals surface area contributed by atoms with Crippen molar-refractivity contribution in [2.75, 3.05) is 0 Å². The molecule has 0 fully saturated rings. The van der Waals surface area contributed by atoms with Crippen molar-refractivity contribution in [1.29, 1.82) is 5.26 Å². The van der Waals surface area contributed by atoms with E-state index in [1.165, 1.54) is 0 Å². The van der Waals surface area contributed by atoms with Crippen molar-refractivity contribution in [3.05, 3.63) is 157 Å². The molecule has 10 rings (SSSR count). The van der Waals surface area contributed by atoms with Gasteiger partial charge in [0.2, 0.25) is 0 Å². The number of hydrogen-bond donors (Lipinski definition) is 0. The van der Waals surface area contributed by atoms with E-state index in [1.807, 2.05) is 18.2 Å². The average Bonchev–Trinajstić information content (AvgIpc) is 3.80. The van der Waals surface area contributed by atoms with Gasteiger partial charge in [-0.15, -0.1) is 0 Å². The van der Waals surface area contributed by atoms with E-state index in [4.69, 9.17) is 4.42 Å². The molecule has 0 saturated carbocycles. The summed E-state index contributed by atoms with van der Waals surface area (Å²) >= 11 is 0. The molecule has 0 saturated heterocycles. The Morgan fingerprint density at radius 3 is 1.51 bits per heavy atom. The molecular formula is C43H25N3O. The summed E-state index contributed by atoms with van der Waals surface area (Å²) in [6.45, 7) is 0. The molecule has 4 nitrogen and oxygen atoms in total. The summed E-state index contributed by atoms with van der Waals surface area (Å²) in [5, 5.41) is 17.2. The van der Waals surface area contributed by atoms with E-state index in [9.17, 15) is 5.26 Å².